The molecule has 0 amide bonds. The molecule has 0 heterocycles. The van der Waals surface area contributed by atoms with Gasteiger partial charge in [-0.05, 0) is 18.3 Å². The van der Waals surface area contributed by atoms with Gasteiger partial charge in [0.25, 0.3) is 0 Å². The van der Waals surface area contributed by atoms with Gasteiger partial charge in [-0.2, -0.15) is 0 Å². The molecule has 3 nitrogen and oxygen atoms in total. The normalized spacial score (nSPS) is 30.6. The van der Waals surface area contributed by atoms with Gasteiger partial charge in [-0.25, -0.2) is 0 Å². The minimum absolute atomic E-state index is 0.690. The minimum Gasteiger partial charge on any atom is -0.382 e. The highest BCUT2D eigenvalue weighted by Crippen LogP contribution is 2.29. The van der Waals surface area contributed by atoms with E-state index in [-0.39, 0.29) is 0 Å². The van der Waals surface area contributed by atoms with E-state index in [4.69, 9.17) is 9.47 Å². The SMILES string of the molecule is COCCOCCNC1CCCC(C)C1C. The molecule has 1 rings (SSSR count). The lowest BCUT2D eigenvalue weighted by Crippen LogP contribution is -2.42. The van der Waals surface area contributed by atoms with Gasteiger partial charge < -0.3 is 14.8 Å². The monoisotopic (exact) mass is 229 g/mol. The topological polar surface area (TPSA) is 30.5 Å². The summed E-state index contributed by atoms with van der Waals surface area (Å²) in [5, 5.41) is 3.61. The predicted octanol–water partition coefficient (Wildman–Crippen LogP) is 2.06. The van der Waals surface area contributed by atoms with Crippen molar-refractivity contribution in [3.8, 4) is 0 Å². The first-order valence-corrected chi connectivity index (χ1v) is 6.55. The van der Waals surface area contributed by atoms with Crippen LogP contribution in [0.25, 0.3) is 0 Å². The Morgan fingerprint density at radius 2 is 1.94 bits per heavy atom. The van der Waals surface area contributed by atoms with Crippen LogP contribution in [0.15, 0.2) is 0 Å². The van der Waals surface area contributed by atoms with Crippen molar-refractivity contribution in [3.63, 3.8) is 0 Å². The van der Waals surface area contributed by atoms with Gasteiger partial charge in [0.2, 0.25) is 0 Å². The summed E-state index contributed by atoms with van der Waals surface area (Å²) in [6.45, 7) is 7.89. The molecule has 1 aliphatic rings. The first kappa shape index (κ1) is 13.9. The first-order chi connectivity index (χ1) is 7.75. The van der Waals surface area contributed by atoms with E-state index in [1.165, 1.54) is 19.3 Å². The molecule has 0 radical (unpaired) electrons. The van der Waals surface area contributed by atoms with Gasteiger partial charge in [0.05, 0.1) is 19.8 Å². The number of hydrogen-bond donors (Lipinski definition) is 1. The summed E-state index contributed by atoms with van der Waals surface area (Å²) in [6, 6.07) is 0.690. The molecule has 0 aromatic rings. The molecule has 0 bridgehead atoms. The van der Waals surface area contributed by atoms with Crippen molar-refractivity contribution >= 4 is 0 Å². The Kier molecular flexibility index (Phi) is 7.01. The lowest BCUT2D eigenvalue weighted by atomic mass is 9.78. The van der Waals surface area contributed by atoms with Crippen LogP contribution in [0.5, 0.6) is 0 Å². The van der Waals surface area contributed by atoms with Crippen molar-refractivity contribution in [2.75, 3.05) is 33.5 Å². The molecule has 0 aromatic carbocycles. The molecule has 3 unspecified atom stereocenters. The Morgan fingerprint density at radius 1 is 1.12 bits per heavy atom. The average Bonchev–Trinajstić information content (AvgIpc) is 2.29. The maximum Gasteiger partial charge on any atom is 0.0700 e. The molecule has 1 saturated carbocycles. The van der Waals surface area contributed by atoms with Crippen molar-refractivity contribution in [1.82, 2.24) is 5.32 Å². The fourth-order valence-corrected chi connectivity index (χ4v) is 2.43. The molecule has 16 heavy (non-hydrogen) atoms. The van der Waals surface area contributed by atoms with Crippen LogP contribution in [-0.2, 0) is 9.47 Å². The predicted molar refractivity (Wildman–Crippen MR) is 66.7 cm³/mol. The van der Waals surface area contributed by atoms with Crippen LogP contribution >= 0.6 is 0 Å². The minimum atomic E-state index is 0.690. The molecule has 1 fully saturated rings. The zero-order valence-corrected chi connectivity index (χ0v) is 11.0. The van der Waals surface area contributed by atoms with E-state index in [1.807, 2.05) is 0 Å². The summed E-state index contributed by atoms with van der Waals surface area (Å²) < 4.78 is 10.4. The average molecular weight is 229 g/mol. The second-order valence-corrected chi connectivity index (χ2v) is 4.93. The molecule has 1 aliphatic carbocycles. The number of methoxy groups -OCH3 is 1. The number of nitrogens with one attached hydrogen (secondary N) is 1. The van der Waals surface area contributed by atoms with Gasteiger partial charge in [-0.1, -0.05) is 26.7 Å². The van der Waals surface area contributed by atoms with Gasteiger partial charge in [0.1, 0.15) is 0 Å². The van der Waals surface area contributed by atoms with Gasteiger partial charge in [-0.15, -0.1) is 0 Å². The third-order valence-corrected chi connectivity index (χ3v) is 3.79. The second-order valence-electron chi connectivity index (χ2n) is 4.93. The van der Waals surface area contributed by atoms with Crippen LogP contribution in [0.2, 0.25) is 0 Å². The lowest BCUT2D eigenvalue weighted by Gasteiger charge is -2.34. The Balaban J connectivity index is 2.03. The Labute approximate surface area is 99.9 Å². The summed E-state index contributed by atoms with van der Waals surface area (Å²) >= 11 is 0. The zero-order valence-electron chi connectivity index (χ0n) is 11.0. The molecule has 1 N–H and O–H groups in total. The van der Waals surface area contributed by atoms with Crippen LogP contribution in [-0.4, -0.2) is 39.5 Å². The van der Waals surface area contributed by atoms with Gasteiger partial charge in [0.15, 0.2) is 0 Å². The van der Waals surface area contributed by atoms with Crippen molar-refractivity contribution in [1.29, 1.82) is 0 Å². The molecule has 0 spiro atoms. The molecule has 0 aliphatic heterocycles. The lowest BCUT2D eigenvalue weighted by molar-refractivity contribution is 0.0685. The van der Waals surface area contributed by atoms with Crippen LogP contribution in [0.3, 0.4) is 0 Å². The van der Waals surface area contributed by atoms with Crippen molar-refractivity contribution in [2.24, 2.45) is 11.8 Å². The maximum atomic E-state index is 5.44. The van der Waals surface area contributed by atoms with E-state index in [0.717, 1.165) is 25.0 Å². The van der Waals surface area contributed by atoms with E-state index in [9.17, 15) is 0 Å². The van der Waals surface area contributed by atoms with Gasteiger partial charge >= 0.3 is 0 Å². The molecule has 3 atom stereocenters. The summed E-state index contributed by atoms with van der Waals surface area (Å²) in [5.41, 5.74) is 0. The number of ether oxygens (including phenoxy) is 2. The Bertz CT molecular complexity index is 175. The molecule has 0 aromatic heterocycles. The molecule has 0 saturated heterocycles. The molecular weight excluding hydrogens is 202 g/mol. The highest BCUT2D eigenvalue weighted by atomic mass is 16.5. The second kappa shape index (κ2) is 8.04. The quantitative estimate of drug-likeness (QED) is 0.678. The third-order valence-electron chi connectivity index (χ3n) is 3.79. The Morgan fingerprint density at radius 3 is 2.69 bits per heavy atom. The highest BCUT2D eigenvalue weighted by molar-refractivity contribution is 4.81. The summed E-state index contributed by atoms with van der Waals surface area (Å²) in [4.78, 5) is 0. The third kappa shape index (κ3) is 4.81. The number of hydrogen-bond acceptors (Lipinski definition) is 3. The van der Waals surface area contributed by atoms with E-state index >= 15 is 0 Å². The van der Waals surface area contributed by atoms with Gasteiger partial charge in [-0.3, -0.25) is 0 Å². The smallest absolute Gasteiger partial charge is 0.0700 e. The number of rotatable bonds is 7. The van der Waals surface area contributed by atoms with Crippen molar-refractivity contribution in [3.05, 3.63) is 0 Å². The van der Waals surface area contributed by atoms with Gasteiger partial charge in [0, 0.05) is 19.7 Å². The fourth-order valence-electron chi connectivity index (χ4n) is 2.43. The van der Waals surface area contributed by atoms with Crippen LogP contribution in [0, 0.1) is 11.8 Å². The largest absolute Gasteiger partial charge is 0.382 e. The van der Waals surface area contributed by atoms with E-state index in [1.54, 1.807) is 7.11 Å². The summed E-state index contributed by atoms with van der Waals surface area (Å²) in [7, 11) is 1.70. The Hall–Kier alpha value is -0.120. The summed E-state index contributed by atoms with van der Waals surface area (Å²) in [6.07, 6.45) is 4.08. The van der Waals surface area contributed by atoms with Crippen LogP contribution in [0.1, 0.15) is 33.1 Å². The summed E-state index contributed by atoms with van der Waals surface area (Å²) in [5.74, 6) is 1.66. The maximum absolute atomic E-state index is 5.44. The van der Waals surface area contributed by atoms with E-state index in [2.05, 4.69) is 19.2 Å². The molecule has 3 heteroatoms. The van der Waals surface area contributed by atoms with Crippen LogP contribution in [0.4, 0.5) is 0 Å². The van der Waals surface area contributed by atoms with Crippen LogP contribution < -0.4 is 5.32 Å². The molecule has 96 valence electrons. The standard InChI is InChI=1S/C13H27NO2/c1-11-5-4-6-13(12(11)2)14-7-8-16-10-9-15-3/h11-14H,4-10H2,1-3H3. The highest BCUT2D eigenvalue weighted by Gasteiger charge is 2.26. The molecular formula is C13H27NO2. The fraction of sp³-hybridized carbons (Fsp3) is 1.00. The van der Waals surface area contributed by atoms with Crippen molar-refractivity contribution in [2.45, 2.75) is 39.2 Å². The van der Waals surface area contributed by atoms with Crippen molar-refractivity contribution < 1.29 is 9.47 Å². The first-order valence-electron chi connectivity index (χ1n) is 6.55. The van der Waals surface area contributed by atoms with E-state index in [0.29, 0.717) is 19.3 Å². The van der Waals surface area contributed by atoms with E-state index < -0.39 is 0 Å². The zero-order chi connectivity index (χ0) is 11.8.